The third-order valence-electron chi connectivity index (χ3n) is 1.20. The Bertz CT molecular complexity index is 114. The zero-order chi connectivity index (χ0) is 8.69. The third-order valence-corrected chi connectivity index (χ3v) is 1.20. The van der Waals surface area contributed by atoms with E-state index in [0.717, 1.165) is 6.54 Å². The molecular weight excluding hydrogens is 142 g/mol. The lowest BCUT2D eigenvalue weighted by Crippen LogP contribution is -2.33. The Balaban J connectivity index is 3.23. The molecule has 0 saturated heterocycles. The second kappa shape index (κ2) is 6.12. The summed E-state index contributed by atoms with van der Waals surface area (Å²) in [6.07, 6.45) is 0.406. The van der Waals surface area contributed by atoms with Crippen LogP contribution in [0.4, 0.5) is 0 Å². The molecule has 0 aromatic heterocycles. The largest absolute Gasteiger partial charge is 0.355 e. The monoisotopic (exact) mass is 159 g/mol. The van der Waals surface area contributed by atoms with Crippen molar-refractivity contribution in [3.8, 4) is 0 Å². The van der Waals surface area contributed by atoms with Gasteiger partial charge in [0.1, 0.15) is 0 Å². The van der Waals surface area contributed by atoms with Crippen LogP contribution in [0.15, 0.2) is 0 Å². The van der Waals surface area contributed by atoms with E-state index in [2.05, 4.69) is 10.6 Å². The first-order valence-electron chi connectivity index (χ1n) is 3.83. The van der Waals surface area contributed by atoms with Crippen LogP contribution in [0.2, 0.25) is 0 Å². The van der Waals surface area contributed by atoms with Crippen LogP contribution in [0.3, 0.4) is 0 Å². The van der Waals surface area contributed by atoms with Crippen molar-refractivity contribution in [3.63, 3.8) is 0 Å². The lowest BCUT2D eigenvalue weighted by atomic mass is 10.2. The Kier molecular flexibility index (Phi) is 5.78. The van der Waals surface area contributed by atoms with E-state index in [4.69, 9.17) is 5.73 Å². The van der Waals surface area contributed by atoms with Crippen molar-refractivity contribution >= 4 is 5.91 Å². The number of rotatable bonds is 5. The maximum Gasteiger partial charge on any atom is 0.221 e. The van der Waals surface area contributed by atoms with Crippen molar-refractivity contribution in [1.29, 1.82) is 0 Å². The van der Waals surface area contributed by atoms with Gasteiger partial charge in [-0.15, -0.1) is 0 Å². The minimum Gasteiger partial charge on any atom is -0.355 e. The average molecular weight is 159 g/mol. The molecule has 0 radical (unpaired) electrons. The standard InChI is InChI=1S/C7H17N3O/c1-6(8)5-7(11)10-4-3-9-2/h6,9H,3-5,8H2,1-2H3,(H,10,11). The van der Waals surface area contributed by atoms with Gasteiger partial charge in [-0.3, -0.25) is 4.79 Å². The van der Waals surface area contributed by atoms with Crippen LogP contribution >= 0.6 is 0 Å². The van der Waals surface area contributed by atoms with E-state index in [9.17, 15) is 4.79 Å². The highest BCUT2D eigenvalue weighted by Gasteiger charge is 2.02. The number of carbonyl (C=O) groups is 1. The Morgan fingerprint density at radius 3 is 2.64 bits per heavy atom. The smallest absolute Gasteiger partial charge is 0.221 e. The molecule has 0 aliphatic carbocycles. The fourth-order valence-corrected chi connectivity index (χ4v) is 0.692. The molecule has 11 heavy (non-hydrogen) atoms. The molecule has 0 bridgehead atoms. The lowest BCUT2D eigenvalue weighted by Gasteiger charge is -2.05. The van der Waals surface area contributed by atoms with Gasteiger partial charge in [-0.05, 0) is 14.0 Å². The average Bonchev–Trinajstić information content (AvgIpc) is 1.86. The summed E-state index contributed by atoms with van der Waals surface area (Å²) in [4.78, 5) is 10.9. The molecule has 0 saturated carbocycles. The SMILES string of the molecule is CNCCNC(=O)CC(C)N. The van der Waals surface area contributed by atoms with Crippen molar-refractivity contribution in [2.24, 2.45) is 5.73 Å². The van der Waals surface area contributed by atoms with Crippen molar-refractivity contribution in [1.82, 2.24) is 10.6 Å². The first kappa shape index (κ1) is 10.4. The summed E-state index contributed by atoms with van der Waals surface area (Å²) in [6.45, 7) is 3.28. The van der Waals surface area contributed by atoms with Crippen LogP contribution in [0.1, 0.15) is 13.3 Å². The Morgan fingerprint density at radius 2 is 2.18 bits per heavy atom. The van der Waals surface area contributed by atoms with Crippen LogP contribution in [0.25, 0.3) is 0 Å². The molecule has 0 aliphatic heterocycles. The normalized spacial score (nSPS) is 12.6. The zero-order valence-corrected chi connectivity index (χ0v) is 7.18. The molecular formula is C7H17N3O. The van der Waals surface area contributed by atoms with Crippen LogP contribution in [-0.2, 0) is 4.79 Å². The molecule has 0 aliphatic rings. The molecule has 0 rings (SSSR count). The first-order chi connectivity index (χ1) is 5.16. The number of likely N-dealkylation sites (N-methyl/N-ethyl adjacent to an activating group) is 1. The predicted octanol–water partition coefficient (Wildman–Crippen LogP) is -0.941. The summed E-state index contributed by atoms with van der Waals surface area (Å²) in [5, 5.41) is 5.66. The van der Waals surface area contributed by atoms with Crippen molar-refractivity contribution in [2.45, 2.75) is 19.4 Å². The molecule has 4 nitrogen and oxygen atoms in total. The molecule has 0 aromatic rings. The van der Waals surface area contributed by atoms with Crippen molar-refractivity contribution in [3.05, 3.63) is 0 Å². The molecule has 0 aromatic carbocycles. The Hall–Kier alpha value is -0.610. The highest BCUT2D eigenvalue weighted by atomic mass is 16.1. The molecule has 66 valence electrons. The molecule has 1 atom stereocenters. The molecule has 4 heteroatoms. The number of amides is 1. The van der Waals surface area contributed by atoms with Gasteiger partial charge in [0.15, 0.2) is 0 Å². The third kappa shape index (κ3) is 7.29. The summed E-state index contributed by atoms with van der Waals surface area (Å²) in [5.74, 6) is 0.0234. The van der Waals surface area contributed by atoms with Gasteiger partial charge < -0.3 is 16.4 Å². The van der Waals surface area contributed by atoms with E-state index in [1.54, 1.807) is 0 Å². The zero-order valence-electron chi connectivity index (χ0n) is 7.18. The first-order valence-corrected chi connectivity index (χ1v) is 3.83. The summed E-state index contributed by atoms with van der Waals surface area (Å²) < 4.78 is 0. The second-order valence-electron chi connectivity index (χ2n) is 2.63. The maximum absolute atomic E-state index is 10.9. The lowest BCUT2D eigenvalue weighted by molar-refractivity contribution is -0.121. The van der Waals surface area contributed by atoms with Gasteiger partial charge in [-0.1, -0.05) is 0 Å². The molecule has 0 fully saturated rings. The van der Waals surface area contributed by atoms with E-state index in [1.807, 2.05) is 14.0 Å². The topological polar surface area (TPSA) is 67.1 Å². The molecule has 1 unspecified atom stereocenters. The number of carbonyl (C=O) groups excluding carboxylic acids is 1. The van der Waals surface area contributed by atoms with Crippen LogP contribution < -0.4 is 16.4 Å². The van der Waals surface area contributed by atoms with Gasteiger partial charge >= 0.3 is 0 Å². The van der Waals surface area contributed by atoms with E-state index in [0.29, 0.717) is 13.0 Å². The molecule has 0 spiro atoms. The van der Waals surface area contributed by atoms with Crippen molar-refractivity contribution < 1.29 is 4.79 Å². The maximum atomic E-state index is 10.9. The van der Waals surface area contributed by atoms with E-state index < -0.39 is 0 Å². The quantitative estimate of drug-likeness (QED) is 0.453. The predicted molar refractivity (Wildman–Crippen MR) is 45.2 cm³/mol. The van der Waals surface area contributed by atoms with Gasteiger partial charge in [0.2, 0.25) is 5.91 Å². The number of nitrogens with two attached hydrogens (primary N) is 1. The highest BCUT2D eigenvalue weighted by Crippen LogP contribution is 1.83. The van der Waals surface area contributed by atoms with Crippen LogP contribution in [0, 0.1) is 0 Å². The number of nitrogens with one attached hydrogen (secondary N) is 2. The van der Waals surface area contributed by atoms with E-state index in [1.165, 1.54) is 0 Å². The van der Waals surface area contributed by atoms with Crippen LogP contribution in [-0.4, -0.2) is 32.1 Å². The molecule has 1 amide bonds. The van der Waals surface area contributed by atoms with Gasteiger partial charge in [-0.25, -0.2) is 0 Å². The fraction of sp³-hybridized carbons (Fsp3) is 0.857. The molecule has 0 heterocycles. The summed E-state index contributed by atoms with van der Waals surface area (Å²) >= 11 is 0. The van der Waals surface area contributed by atoms with Gasteiger partial charge in [0.25, 0.3) is 0 Å². The van der Waals surface area contributed by atoms with Crippen molar-refractivity contribution in [2.75, 3.05) is 20.1 Å². The van der Waals surface area contributed by atoms with E-state index >= 15 is 0 Å². The summed E-state index contributed by atoms with van der Waals surface area (Å²) in [5.41, 5.74) is 5.42. The Labute approximate surface area is 67.5 Å². The van der Waals surface area contributed by atoms with Gasteiger partial charge in [0, 0.05) is 25.6 Å². The Morgan fingerprint density at radius 1 is 1.55 bits per heavy atom. The van der Waals surface area contributed by atoms with Gasteiger partial charge in [0.05, 0.1) is 0 Å². The summed E-state index contributed by atoms with van der Waals surface area (Å²) in [6, 6.07) is -0.0513. The van der Waals surface area contributed by atoms with Crippen LogP contribution in [0.5, 0.6) is 0 Å². The highest BCUT2D eigenvalue weighted by molar-refractivity contribution is 5.76. The minimum absolute atomic E-state index is 0.0234. The van der Waals surface area contributed by atoms with Gasteiger partial charge in [-0.2, -0.15) is 0 Å². The molecule has 4 N–H and O–H groups in total. The second-order valence-corrected chi connectivity index (χ2v) is 2.63. The number of hydrogen-bond acceptors (Lipinski definition) is 3. The van der Waals surface area contributed by atoms with E-state index in [-0.39, 0.29) is 11.9 Å². The fourth-order valence-electron chi connectivity index (χ4n) is 0.692. The summed E-state index contributed by atoms with van der Waals surface area (Å²) in [7, 11) is 1.84. The minimum atomic E-state index is -0.0513. The number of hydrogen-bond donors (Lipinski definition) is 3.